The zero-order valence-corrected chi connectivity index (χ0v) is 16.5. The van der Waals surface area contributed by atoms with Gasteiger partial charge in [-0.2, -0.15) is 11.8 Å². The summed E-state index contributed by atoms with van der Waals surface area (Å²) in [5, 5.41) is 7.22. The fraction of sp³-hybridized carbons (Fsp3) is 0.632. The predicted octanol–water partition coefficient (Wildman–Crippen LogP) is 4.39. The van der Waals surface area contributed by atoms with Crippen LogP contribution in [0, 0.1) is 18.3 Å². The number of carbonyl (C=O) groups excluding carboxylic acids is 1. The number of thioether (sulfide) groups is 1. The molecule has 0 bridgehead atoms. The van der Waals surface area contributed by atoms with E-state index in [0.717, 1.165) is 43.8 Å². The van der Waals surface area contributed by atoms with Gasteiger partial charge in [-0.15, -0.1) is 12.4 Å². The fourth-order valence-electron chi connectivity index (χ4n) is 3.65. The van der Waals surface area contributed by atoms with E-state index in [2.05, 4.69) is 43.5 Å². The summed E-state index contributed by atoms with van der Waals surface area (Å²) in [5.74, 6) is 1.45. The van der Waals surface area contributed by atoms with Crippen LogP contribution in [0.5, 0.6) is 0 Å². The quantitative estimate of drug-likeness (QED) is 0.809. The van der Waals surface area contributed by atoms with Crippen molar-refractivity contribution in [2.24, 2.45) is 11.3 Å². The first-order valence-corrected chi connectivity index (χ1v) is 9.78. The second kappa shape index (κ2) is 8.11. The van der Waals surface area contributed by atoms with E-state index in [-0.39, 0.29) is 24.2 Å². The molecule has 2 N–H and O–H groups in total. The number of piperidine rings is 1. The second-order valence-electron chi connectivity index (χ2n) is 7.31. The van der Waals surface area contributed by atoms with Crippen LogP contribution in [0.4, 0.5) is 5.69 Å². The molecule has 5 heteroatoms. The summed E-state index contributed by atoms with van der Waals surface area (Å²) < 4.78 is 0. The van der Waals surface area contributed by atoms with Gasteiger partial charge in [-0.25, -0.2) is 0 Å². The number of anilines is 1. The van der Waals surface area contributed by atoms with Crippen molar-refractivity contribution in [1.82, 2.24) is 5.32 Å². The van der Waals surface area contributed by atoms with Crippen molar-refractivity contribution in [2.75, 3.05) is 18.4 Å². The van der Waals surface area contributed by atoms with Crippen molar-refractivity contribution in [3.63, 3.8) is 0 Å². The highest BCUT2D eigenvalue weighted by atomic mass is 35.5. The molecule has 1 heterocycles. The molecule has 0 aromatic heterocycles. The highest BCUT2D eigenvalue weighted by Gasteiger charge is 2.57. The SMILES string of the molecule is Cc1c(CSC(C)C)cccc1NC(=O)C1CC12CCNCC2.Cl. The van der Waals surface area contributed by atoms with Crippen LogP contribution in [0.1, 0.15) is 44.2 Å². The van der Waals surface area contributed by atoms with Crippen LogP contribution < -0.4 is 10.6 Å². The lowest BCUT2D eigenvalue weighted by Crippen LogP contribution is -2.31. The van der Waals surface area contributed by atoms with Crippen LogP contribution in [-0.4, -0.2) is 24.2 Å². The Balaban J connectivity index is 0.00000208. The largest absolute Gasteiger partial charge is 0.326 e. The third-order valence-electron chi connectivity index (χ3n) is 5.38. The van der Waals surface area contributed by atoms with E-state index in [4.69, 9.17) is 0 Å². The molecule has 2 aliphatic rings. The van der Waals surface area contributed by atoms with E-state index in [0.29, 0.717) is 10.7 Å². The number of rotatable bonds is 5. The van der Waals surface area contributed by atoms with Crippen LogP contribution in [0.3, 0.4) is 0 Å². The zero-order chi connectivity index (χ0) is 16.4. The molecule has 1 saturated heterocycles. The minimum absolute atomic E-state index is 0. The maximum absolute atomic E-state index is 12.6. The molecule has 1 aromatic rings. The van der Waals surface area contributed by atoms with Gasteiger partial charge in [0.05, 0.1) is 0 Å². The number of carbonyl (C=O) groups is 1. The Morgan fingerprint density at radius 1 is 1.38 bits per heavy atom. The first-order valence-electron chi connectivity index (χ1n) is 8.73. The standard InChI is InChI=1S/C19H28N2OS.ClH/c1-13(2)23-12-15-5-4-6-17(14(15)3)21-18(22)16-11-19(16)7-9-20-10-8-19;/h4-6,13,16,20H,7-12H2,1-3H3,(H,21,22);1H. The van der Waals surface area contributed by atoms with E-state index in [1.54, 1.807) is 0 Å². The molecular formula is C19H29ClN2OS. The van der Waals surface area contributed by atoms with Gasteiger partial charge >= 0.3 is 0 Å². The molecule has 2 fully saturated rings. The Kier molecular flexibility index (Phi) is 6.63. The van der Waals surface area contributed by atoms with Gasteiger partial charge in [0.25, 0.3) is 0 Å². The van der Waals surface area contributed by atoms with Crippen LogP contribution in [-0.2, 0) is 10.5 Å². The van der Waals surface area contributed by atoms with Crippen molar-refractivity contribution in [3.8, 4) is 0 Å². The number of hydrogen-bond acceptors (Lipinski definition) is 3. The Hall–Kier alpha value is -0.710. The van der Waals surface area contributed by atoms with E-state index >= 15 is 0 Å². The highest BCUT2D eigenvalue weighted by Crippen LogP contribution is 2.58. The number of halogens is 1. The van der Waals surface area contributed by atoms with Crippen molar-refractivity contribution in [1.29, 1.82) is 0 Å². The Morgan fingerprint density at radius 3 is 2.75 bits per heavy atom. The van der Waals surface area contributed by atoms with Crippen LogP contribution in [0.2, 0.25) is 0 Å². The van der Waals surface area contributed by atoms with E-state index in [1.165, 1.54) is 11.1 Å². The molecule has 3 nitrogen and oxygen atoms in total. The monoisotopic (exact) mass is 368 g/mol. The molecule has 1 spiro atoms. The summed E-state index contributed by atoms with van der Waals surface area (Å²) in [4.78, 5) is 12.6. The Morgan fingerprint density at radius 2 is 2.08 bits per heavy atom. The molecule has 1 saturated carbocycles. The summed E-state index contributed by atoms with van der Waals surface area (Å²) in [6, 6.07) is 6.27. The van der Waals surface area contributed by atoms with E-state index in [1.807, 2.05) is 17.8 Å². The first-order chi connectivity index (χ1) is 11.0. The maximum Gasteiger partial charge on any atom is 0.228 e. The van der Waals surface area contributed by atoms with Crippen molar-refractivity contribution in [3.05, 3.63) is 29.3 Å². The van der Waals surface area contributed by atoms with Crippen LogP contribution in [0.25, 0.3) is 0 Å². The van der Waals surface area contributed by atoms with E-state index < -0.39 is 0 Å². The lowest BCUT2D eigenvalue weighted by molar-refractivity contribution is -0.118. The number of benzene rings is 1. The molecule has 1 aliphatic heterocycles. The molecular weight excluding hydrogens is 340 g/mol. The number of nitrogens with one attached hydrogen (secondary N) is 2. The van der Waals surface area contributed by atoms with Gasteiger partial charge in [-0.3, -0.25) is 4.79 Å². The lowest BCUT2D eigenvalue weighted by atomic mass is 9.91. The minimum Gasteiger partial charge on any atom is -0.326 e. The molecule has 24 heavy (non-hydrogen) atoms. The van der Waals surface area contributed by atoms with Gasteiger partial charge in [0, 0.05) is 17.4 Å². The molecule has 0 radical (unpaired) electrons. The summed E-state index contributed by atoms with van der Waals surface area (Å²) in [7, 11) is 0. The maximum atomic E-state index is 12.6. The Labute approximate surface area is 156 Å². The van der Waals surface area contributed by atoms with Crippen molar-refractivity contribution < 1.29 is 4.79 Å². The van der Waals surface area contributed by atoms with Gasteiger partial charge in [-0.1, -0.05) is 26.0 Å². The second-order valence-corrected chi connectivity index (χ2v) is 8.87. The molecule has 1 unspecified atom stereocenters. The van der Waals surface area contributed by atoms with Gasteiger partial charge in [-0.05, 0) is 67.1 Å². The number of hydrogen-bond donors (Lipinski definition) is 2. The topological polar surface area (TPSA) is 41.1 Å². The van der Waals surface area contributed by atoms with Gasteiger partial charge < -0.3 is 10.6 Å². The summed E-state index contributed by atoms with van der Waals surface area (Å²) in [6.07, 6.45) is 3.37. The smallest absolute Gasteiger partial charge is 0.228 e. The highest BCUT2D eigenvalue weighted by molar-refractivity contribution is 7.99. The third kappa shape index (κ3) is 4.27. The molecule has 134 valence electrons. The number of amides is 1. The molecule has 3 rings (SSSR count). The first kappa shape index (κ1) is 19.6. The van der Waals surface area contributed by atoms with Crippen LogP contribution in [0.15, 0.2) is 18.2 Å². The summed E-state index contributed by atoms with van der Waals surface area (Å²) in [6.45, 7) is 8.68. The van der Waals surface area contributed by atoms with E-state index in [9.17, 15) is 4.79 Å². The summed E-state index contributed by atoms with van der Waals surface area (Å²) in [5.41, 5.74) is 3.84. The predicted molar refractivity (Wildman–Crippen MR) is 106 cm³/mol. The van der Waals surface area contributed by atoms with Gasteiger partial charge in [0.1, 0.15) is 0 Å². The average Bonchev–Trinajstić information content (AvgIpc) is 3.22. The third-order valence-corrected chi connectivity index (χ3v) is 6.53. The average molecular weight is 369 g/mol. The van der Waals surface area contributed by atoms with Crippen molar-refractivity contribution in [2.45, 2.75) is 51.0 Å². The Bertz CT molecular complexity index is 585. The molecule has 1 aliphatic carbocycles. The molecule has 1 amide bonds. The lowest BCUT2D eigenvalue weighted by Gasteiger charge is -2.23. The normalized spacial score (nSPS) is 21.4. The summed E-state index contributed by atoms with van der Waals surface area (Å²) >= 11 is 1.94. The molecule has 1 atom stereocenters. The van der Waals surface area contributed by atoms with Gasteiger partial charge in [0.2, 0.25) is 5.91 Å². The fourth-order valence-corrected chi connectivity index (χ4v) is 4.47. The molecule has 1 aromatic carbocycles. The zero-order valence-electron chi connectivity index (χ0n) is 14.9. The van der Waals surface area contributed by atoms with Crippen LogP contribution >= 0.6 is 24.2 Å². The minimum atomic E-state index is 0. The van der Waals surface area contributed by atoms with Crippen molar-refractivity contribution >= 4 is 35.8 Å². The van der Waals surface area contributed by atoms with Gasteiger partial charge in [0.15, 0.2) is 0 Å².